The summed E-state index contributed by atoms with van der Waals surface area (Å²) in [6.45, 7) is 0.575. The van der Waals surface area contributed by atoms with Crippen molar-refractivity contribution in [2.75, 3.05) is 6.54 Å². The predicted molar refractivity (Wildman–Crippen MR) is 43.6 cm³/mol. The van der Waals surface area contributed by atoms with E-state index in [0.717, 1.165) is 17.9 Å². The lowest BCUT2D eigenvalue weighted by molar-refractivity contribution is -0.157. The van der Waals surface area contributed by atoms with Crippen molar-refractivity contribution >= 4 is 5.91 Å². The van der Waals surface area contributed by atoms with Crippen molar-refractivity contribution in [1.82, 2.24) is 5.06 Å². The molecule has 2 fully saturated rings. The van der Waals surface area contributed by atoms with Crippen LogP contribution in [-0.2, 0) is 4.79 Å². The molecule has 2 aliphatic rings. The molecule has 0 bridgehead atoms. The normalized spacial score (nSPS) is 28.4. The minimum atomic E-state index is -0.0862. The number of hydroxylamine groups is 2. The van der Waals surface area contributed by atoms with Crippen molar-refractivity contribution in [3.8, 4) is 0 Å². The second-order valence-electron chi connectivity index (χ2n) is 4.19. The first-order valence-electron chi connectivity index (χ1n) is 4.71. The number of nitrogens with zero attached hydrogens (tertiary/aromatic N) is 1. The van der Waals surface area contributed by atoms with Crippen LogP contribution in [0.2, 0.25) is 0 Å². The van der Waals surface area contributed by atoms with Gasteiger partial charge in [0.15, 0.2) is 0 Å². The van der Waals surface area contributed by atoms with Crippen LogP contribution < -0.4 is 0 Å². The monoisotopic (exact) mass is 169 g/mol. The Morgan fingerprint density at radius 2 is 1.92 bits per heavy atom. The van der Waals surface area contributed by atoms with E-state index in [1.165, 1.54) is 19.3 Å². The topological polar surface area (TPSA) is 40.5 Å². The maximum Gasteiger partial charge on any atom is 0.246 e. The average Bonchev–Trinajstić information content (AvgIpc) is 2.29. The second kappa shape index (κ2) is 2.73. The Morgan fingerprint density at radius 3 is 2.42 bits per heavy atom. The van der Waals surface area contributed by atoms with E-state index in [9.17, 15) is 10.0 Å². The van der Waals surface area contributed by atoms with Gasteiger partial charge in [0.1, 0.15) is 0 Å². The Balaban J connectivity index is 2.07. The van der Waals surface area contributed by atoms with Gasteiger partial charge in [0.2, 0.25) is 5.91 Å². The van der Waals surface area contributed by atoms with Gasteiger partial charge in [-0.3, -0.25) is 10.0 Å². The Labute approximate surface area is 72.3 Å². The summed E-state index contributed by atoms with van der Waals surface area (Å²) < 4.78 is 0. The molecule has 1 amide bonds. The molecule has 0 unspecified atom stereocenters. The average molecular weight is 169 g/mol. The van der Waals surface area contributed by atoms with Crippen LogP contribution in [0.5, 0.6) is 0 Å². The quantitative estimate of drug-likeness (QED) is 0.559. The van der Waals surface area contributed by atoms with Gasteiger partial charge < -0.3 is 0 Å². The molecule has 1 aliphatic heterocycles. The van der Waals surface area contributed by atoms with Gasteiger partial charge in [-0.1, -0.05) is 19.3 Å². The summed E-state index contributed by atoms with van der Waals surface area (Å²) in [7, 11) is 0. The Morgan fingerprint density at radius 1 is 1.25 bits per heavy atom. The van der Waals surface area contributed by atoms with E-state index in [-0.39, 0.29) is 11.3 Å². The number of carbonyl (C=O) groups excluding carboxylic acids is 1. The van der Waals surface area contributed by atoms with Crippen molar-refractivity contribution in [3.63, 3.8) is 0 Å². The summed E-state index contributed by atoms with van der Waals surface area (Å²) >= 11 is 0. The highest BCUT2D eigenvalue weighted by Gasteiger charge is 2.43. The van der Waals surface area contributed by atoms with Gasteiger partial charge in [0, 0.05) is 6.42 Å². The van der Waals surface area contributed by atoms with E-state index in [1.54, 1.807) is 0 Å². The lowest BCUT2D eigenvalue weighted by Gasteiger charge is -2.31. The van der Waals surface area contributed by atoms with Crippen molar-refractivity contribution in [3.05, 3.63) is 0 Å². The first-order chi connectivity index (χ1) is 5.72. The van der Waals surface area contributed by atoms with Gasteiger partial charge in [-0.05, 0) is 18.3 Å². The molecule has 68 valence electrons. The molecule has 0 aromatic heterocycles. The fraction of sp³-hybridized carbons (Fsp3) is 0.889. The zero-order valence-corrected chi connectivity index (χ0v) is 7.25. The minimum Gasteiger partial charge on any atom is -0.286 e. The van der Waals surface area contributed by atoms with Gasteiger partial charge in [-0.15, -0.1) is 0 Å². The van der Waals surface area contributed by atoms with E-state index < -0.39 is 0 Å². The zero-order chi connectivity index (χ0) is 8.60. The lowest BCUT2D eigenvalue weighted by Crippen LogP contribution is -2.27. The zero-order valence-electron chi connectivity index (χ0n) is 7.25. The van der Waals surface area contributed by atoms with Crippen molar-refractivity contribution in [1.29, 1.82) is 0 Å². The first-order valence-corrected chi connectivity index (χ1v) is 4.71. The SMILES string of the molecule is O=C1CC2(CCCCC2)CN1O. The molecule has 1 N–H and O–H groups in total. The molecule has 0 aromatic carbocycles. The largest absolute Gasteiger partial charge is 0.286 e. The fourth-order valence-corrected chi connectivity index (χ4v) is 2.51. The van der Waals surface area contributed by atoms with Gasteiger partial charge in [-0.2, -0.15) is 0 Å². The highest BCUT2D eigenvalue weighted by Crippen LogP contribution is 2.43. The summed E-state index contributed by atoms with van der Waals surface area (Å²) in [6.07, 6.45) is 6.55. The van der Waals surface area contributed by atoms with Crippen LogP contribution in [0.15, 0.2) is 0 Å². The van der Waals surface area contributed by atoms with Crippen LogP contribution in [-0.4, -0.2) is 22.7 Å². The molecule has 3 nitrogen and oxygen atoms in total. The number of hydrogen-bond donors (Lipinski definition) is 1. The number of carbonyl (C=O) groups is 1. The van der Waals surface area contributed by atoms with Crippen molar-refractivity contribution in [2.24, 2.45) is 5.41 Å². The molecular formula is C9H15NO2. The van der Waals surface area contributed by atoms with Gasteiger partial charge in [-0.25, -0.2) is 5.06 Å². The van der Waals surface area contributed by atoms with E-state index in [0.29, 0.717) is 13.0 Å². The molecule has 12 heavy (non-hydrogen) atoms. The minimum absolute atomic E-state index is 0.0862. The lowest BCUT2D eigenvalue weighted by atomic mass is 9.73. The first kappa shape index (κ1) is 8.05. The Bertz CT molecular complexity index is 197. The third-order valence-electron chi connectivity index (χ3n) is 3.21. The maximum atomic E-state index is 11.1. The maximum absolute atomic E-state index is 11.1. The van der Waals surface area contributed by atoms with Crippen LogP contribution in [0.3, 0.4) is 0 Å². The van der Waals surface area contributed by atoms with Crippen LogP contribution in [0, 0.1) is 5.41 Å². The molecule has 0 radical (unpaired) electrons. The van der Waals surface area contributed by atoms with E-state index >= 15 is 0 Å². The van der Waals surface area contributed by atoms with Crippen LogP contribution in [0.4, 0.5) is 0 Å². The van der Waals surface area contributed by atoms with Crippen LogP contribution in [0.1, 0.15) is 38.5 Å². The van der Waals surface area contributed by atoms with E-state index in [1.807, 2.05) is 0 Å². The summed E-state index contributed by atoms with van der Waals surface area (Å²) in [6, 6.07) is 0. The van der Waals surface area contributed by atoms with E-state index in [4.69, 9.17) is 0 Å². The molecule has 1 saturated heterocycles. The van der Waals surface area contributed by atoms with Gasteiger partial charge >= 0.3 is 0 Å². The van der Waals surface area contributed by atoms with E-state index in [2.05, 4.69) is 0 Å². The number of hydrogen-bond acceptors (Lipinski definition) is 2. The van der Waals surface area contributed by atoms with Crippen molar-refractivity contribution in [2.45, 2.75) is 38.5 Å². The molecule has 2 rings (SSSR count). The summed E-state index contributed by atoms with van der Waals surface area (Å²) in [4.78, 5) is 11.1. The molecule has 1 saturated carbocycles. The Kier molecular flexibility index (Phi) is 1.83. The van der Waals surface area contributed by atoms with Crippen molar-refractivity contribution < 1.29 is 10.0 Å². The van der Waals surface area contributed by atoms with Gasteiger partial charge in [0.25, 0.3) is 0 Å². The molecule has 1 aliphatic carbocycles. The standard InChI is InChI=1S/C9H15NO2/c11-8-6-9(7-10(8)12)4-2-1-3-5-9/h12H,1-7H2. The molecule has 0 aromatic rings. The molecule has 1 heterocycles. The van der Waals surface area contributed by atoms with Crippen LogP contribution >= 0.6 is 0 Å². The third kappa shape index (κ3) is 1.22. The molecule has 1 spiro atoms. The second-order valence-corrected chi connectivity index (χ2v) is 4.19. The number of rotatable bonds is 0. The highest BCUT2D eigenvalue weighted by molar-refractivity contribution is 5.78. The molecule has 3 heteroatoms. The summed E-state index contributed by atoms with van der Waals surface area (Å²) in [5.41, 5.74) is 0.143. The third-order valence-corrected chi connectivity index (χ3v) is 3.21. The van der Waals surface area contributed by atoms with Crippen LogP contribution in [0.25, 0.3) is 0 Å². The molecular weight excluding hydrogens is 154 g/mol. The predicted octanol–water partition coefficient (Wildman–Crippen LogP) is 1.56. The smallest absolute Gasteiger partial charge is 0.246 e. The fourth-order valence-electron chi connectivity index (χ4n) is 2.51. The highest BCUT2D eigenvalue weighted by atomic mass is 16.5. The summed E-state index contributed by atoms with van der Waals surface area (Å²) in [5, 5.41) is 10.1. The van der Waals surface area contributed by atoms with Gasteiger partial charge in [0.05, 0.1) is 6.54 Å². The summed E-state index contributed by atoms with van der Waals surface area (Å²) in [5.74, 6) is -0.0862. The molecule has 0 atom stereocenters. The number of amides is 1. The Hall–Kier alpha value is -0.570.